The van der Waals surface area contributed by atoms with Crippen LogP contribution in [0.1, 0.15) is 20.7 Å². The van der Waals surface area contributed by atoms with Gasteiger partial charge in [-0.25, -0.2) is 4.79 Å². The molecule has 2 aromatic carbocycles. The predicted octanol–water partition coefficient (Wildman–Crippen LogP) is 5.16. The fourth-order valence-corrected chi connectivity index (χ4v) is 2.96. The van der Waals surface area contributed by atoms with Gasteiger partial charge < -0.3 is 10.4 Å². The highest BCUT2D eigenvalue weighted by atomic mass is 35.5. The van der Waals surface area contributed by atoms with Crippen LogP contribution in [-0.4, -0.2) is 21.9 Å². The number of carboxylic acid groups (broad SMARTS) is 1. The van der Waals surface area contributed by atoms with E-state index < -0.39 is 38.0 Å². The number of rotatable bonds is 4. The first kappa shape index (κ1) is 19.3. The van der Waals surface area contributed by atoms with Gasteiger partial charge in [-0.05, 0) is 6.07 Å². The number of amides is 1. The van der Waals surface area contributed by atoms with Crippen LogP contribution in [-0.2, 0) is 0 Å². The van der Waals surface area contributed by atoms with Gasteiger partial charge in [-0.1, -0.05) is 52.5 Å². The van der Waals surface area contributed by atoms with Crippen LogP contribution in [0.4, 0.5) is 11.4 Å². The summed E-state index contributed by atoms with van der Waals surface area (Å²) < 4.78 is 0. The summed E-state index contributed by atoms with van der Waals surface area (Å²) in [5.74, 6) is -2.52. The summed E-state index contributed by atoms with van der Waals surface area (Å²) in [6.45, 7) is 0. The summed E-state index contributed by atoms with van der Waals surface area (Å²) in [5, 5.41) is 20.9. The zero-order valence-electron chi connectivity index (χ0n) is 11.8. The standard InChI is InChI=1S/C14H6Cl4N2O5/c15-9-7(8(14(22)23)10(16)12(18)11(9)17)13(21)19-5-2-1-3-6(4-5)20(24)25/h1-4H,(H,19,21)(H,22,23). The van der Waals surface area contributed by atoms with Crippen molar-refractivity contribution >= 4 is 69.7 Å². The molecule has 0 radical (unpaired) electrons. The summed E-state index contributed by atoms with van der Waals surface area (Å²) in [6, 6.07) is 5.03. The van der Waals surface area contributed by atoms with E-state index in [1.165, 1.54) is 18.2 Å². The van der Waals surface area contributed by atoms with Gasteiger partial charge in [-0.15, -0.1) is 0 Å². The zero-order valence-corrected chi connectivity index (χ0v) is 14.9. The van der Waals surface area contributed by atoms with E-state index >= 15 is 0 Å². The average molecular weight is 424 g/mol. The van der Waals surface area contributed by atoms with Crippen LogP contribution >= 0.6 is 46.4 Å². The van der Waals surface area contributed by atoms with Gasteiger partial charge in [-0.3, -0.25) is 14.9 Å². The number of hydrogen-bond donors (Lipinski definition) is 2. The van der Waals surface area contributed by atoms with E-state index in [9.17, 15) is 24.8 Å². The van der Waals surface area contributed by atoms with Gasteiger partial charge >= 0.3 is 5.97 Å². The van der Waals surface area contributed by atoms with Crippen molar-refractivity contribution in [3.05, 3.63) is 65.6 Å². The van der Waals surface area contributed by atoms with E-state index in [1.54, 1.807) is 0 Å². The Bertz CT molecular complexity index is 917. The minimum absolute atomic E-state index is 0.0498. The van der Waals surface area contributed by atoms with Gasteiger partial charge in [0.25, 0.3) is 11.6 Å². The molecule has 0 aliphatic heterocycles. The molecule has 0 fully saturated rings. The minimum Gasteiger partial charge on any atom is -0.478 e. The van der Waals surface area contributed by atoms with Gasteiger partial charge in [0, 0.05) is 17.8 Å². The molecule has 0 heterocycles. The minimum atomic E-state index is -1.55. The first-order valence-corrected chi connectivity index (χ1v) is 7.81. The first-order valence-electron chi connectivity index (χ1n) is 6.30. The molecule has 0 bridgehead atoms. The number of carbonyl (C=O) groups is 2. The Balaban J connectivity index is 2.55. The van der Waals surface area contributed by atoms with Crippen LogP contribution in [0, 0.1) is 10.1 Å². The van der Waals surface area contributed by atoms with E-state index in [0.29, 0.717) is 0 Å². The van der Waals surface area contributed by atoms with Gasteiger partial charge in [0.2, 0.25) is 0 Å². The van der Waals surface area contributed by atoms with Crippen LogP contribution in [0.15, 0.2) is 24.3 Å². The van der Waals surface area contributed by atoms with Crippen molar-refractivity contribution in [1.29, 1.82) is 0 Å². The van der Waals surface area contributed by atoms with Gasteiger partial charge in [0.15, 0.2) is 0 Å². The molecule has 7 nitrogen and oxygen atoms in total. The number of aromatic carboxylic acids is 1. The van der Waals surface area contributed by atoms with Crippen LogP contribution in [0.25, 0.3) is 0 Å². The van der Waals surface area contributed by atoms with Gasteiger partial charge in [0.05, 0.1) is 36.1 Å². The maximum absolute atomic E-state index is 12.5. The second kappa shape index (κ2) is 7.45. The summed E-state index contributed by atoms with van der Waals surface area (Å²) >= 11 is 23.5. The summed E-state index contributed by atoms with van der Waals surface area (Å²) in [7, 11) is 0. The SMILES string of the molecule is O=C(O)c1c(Cl)c(Cl)c(Cl)c(Cl)c1C(=O)Nc1cccc([N+](=O)[O-])c1. The molecule has 0 saturated carbocycles. The Labute approximate surface area is 160 Å². The highest BCUT2D eigenvalue weighted by molar-refractivity contribution is 6.54. The van der Waals surface area contributed by atoms with E-state index in [2.05, 4.69) is 5.32 Å². The Kier molecular flexibility index (Phi) is 5.74. The molecule has 0 atom stereocenters. The third kappa shape index (κ3) is 3.80. The Morgan fingerprint density at radius 3 is 2.08 bits per heavy atom. The highest BCUT2D eigenvalue weighted by Crippen LogP contribution is 2.41. The number of non-ortho nitro benzene ring substituents is 1. The molecule has 0 aliphatic rings. The fourth-order valence-electron chi connectivity index (χ4n) is 1.94. The summed E-state index contributed by atoms with van der Waals surface area (Å²) in [6.07, 6.45) is 0. The Morgan fingerprint density at radius 2 is 1.56 bits per heavy atom. The van der Waals surface area contributed by atoms with Crippen molar-refractivity contribution in [2.24, 2.45) is 0 Å². The van der Waals surface area contributed by atoms with Crippen LogP contribution in [0.3, 0.4) is 0 Å². The predicted molar refractivity (Wildman–Crippen MR) is 94.5 cm³/mol. The summed E-state index contributed by atoms with van der Waals surface area (Å²) in [4.78, 5) is 34.0. The van der Waals surface area contributed by atoms with Crippen molar-refractivity contribution in [3.63, 3.8) is 0 Å². The van der Waals surface area contributed by atoms with E-state index in [0.717, 1.165) is 6.07 Å². The summed E-state index contributed by atoms with van der Waals surface area (Å²) in [5.41, 5.74) is -1.37. The molecule has 25 heavy (non-hydrogen) atoms. The Morgan fingerprint density at radius 1 is 1.00 bits per heavy atom. The lowest BCUT2D eigenvalue weighted by Gasteiger charge is -2.14. The molecular formula is C14H6Cl4N2O5. The number of nitro benzene ring substituents is 1. The number of carbonyl (C=O) groups excluding carboxylic acids is 1. The maximum Gasteiger partial charge on any atom is 0.338 e. The van der Waals surface area contributed by atoms with Crippen molar-refractivity contribution in [2.75, 3.05) is 5.32 Å². The van der Waals surface area contributed by atoms with Gasteiger partial charge in [-0.2, -0.15) is 0 Å². The molecule has 2 N–H and O–H groups in total. The molecule has 1 amide bonds. The molecule has 0 aromatic heterocycles. The maximum atomic E-state index is 12.5. The van der Waals surface area contributed by atoms with Gasteiger partial charge in [0.1, 0.15) is 0 Å². The number of hydrogen-bond acceptors (Lipinski definition) is 4. The number of nitrogens with one attached hydrogen (secondary N) is 1. The third-order valence-electron chi connectivity index (χ3n) is 3.02. The van der Waals surface area contributed by atoms with Crippen molar-refractivity contribution in [2.45, 2.75) is 0 Å². The number of halogens is 4. The first-order chi connectivity index (χ1) is 11.6. The molecule has 0 spiro atoms. The lowest BCUT2D eigenvalue weighted by atomic mass is 10.1. The number of benzene rings is 2. The lowest BCUT2D eigenvalue weighted by Crippen LogP contribution is -2.18. The van der Waals surface area contributed by atoms with Crippen molar-refractivity contribution in [3.8, 4) is 0 Å². The van der Waals surface area contributed by atoms with Crippen molar-refractivity contribution in [1.82, 2.24) is 0 Å². The normalized spacial score (nSPS) is 10.4. The number of nitrogens with zero attached hydrogens (tertiary/aromatic N) is 1. The molecular weight excluding hydrogens is 418 g/mol. The lowest BCUT2D eigenvalue weighted by molar-refractivity contribution is -0.384. The molecule has 0 unspecified atom stereocenters. The molecule has 2 aromatic rings. The highest BCUT2D eigenvalue weighted by Gasteiger charge is 2.29. The quantitative estimate of drug-likeness (QED) is 0.305. The smallest absolute Gasteiger partial charge is 0.338 e. The molecule has 11 heteroatoms. The molecule has 0 aliphatic carbocycles. The van der Waals surface area contributed by atoms with Crippen LogP contribution in [0.2, 0.25) is 20.1 Å². The fraction of sp³-hybridized carbons (Fsp3) is 0. The van der Waals surface area contributed by atoms with Crippen LogP contribution < -0.4 is 5.32 Å². The average Bonchev–Trinajstić information content (AvgIpc) is 2.55. The molecule has 130 valence electrons. The van der Waals surface area contributed by atoms with Crippen molar-refractivity contribution < 1.29 is 19.6 Å². The number of anilines is 1. The second-order valence-electron chi connectivity index (χ2n) is 4.57. The van der Waals surface area contributed by atoms with E-state index in [4.69, 9.17) is 46.4 Å². The van der Waals surface area contributed by atoms with Crippen LogP contribution in [0.5, 0.6) is 0 Å². The number of carboxylic acids is 1. The van der Waals surface area contributed by atoms with E-state index in [1.807, 2.05) is 0 Å². The second-order valence-corrected chi connectivity index (χ2v) is 6.08. The number of nitro groups is 1. The molecule has 0 saturated heterocycles. The monoisotopic (exact) mass is 422 g/mol. The Hall–Kier alpha value is -2.06. The zero-order chi connectivity index (χ0) is 18.9. The molecule has 2 rings (SSSR count). The topological polar surface area (TPSA) is 110 Å². The third-order valence-corrected chi connectivity index (χ3v) is 4.82. The largest absolute Gasteiger partial charge is 0.478 e. The van der Waals surface area contributed by atoms with E-state index in [-0.39, 0.29) is 21.4 Å².